The average molecular weight is 657 g/mol. The van der Waals surface area contributed by atoms with Crippen molar-refractivity contribution >= 4 is 33.1 Å². The number of sulfonamides is 1. The van der Waals surface area contributed by atoms with Gasteiger partial charge in [0.05, 0.1) is 30.6 Å². The molecule has 2 bridgehead atoms. The predicted molar refractivity (Wildman–Crippen MR) is 170 cm³/mol. The molecular formula is C33H44N4O8S. The molecule has 2 aliphatic heterocycles. The van der Waals surface area contributed by atoms with Gasteiger partial charge in [-0.2, -0.15) is 4.98 Å². The molecule has 1 saturated carbocycles. The van der Waals surface area contributed by atoms with Gasteiger partial charge < -0.3 is 29.1 Å². The number of ether oxygens (including phenoxy) is 3. The molecule has 2 aromatic carbocycles. The number of aromatic nitrogens is 1. The second kappa shape index (κ2) is 14.0. The highest BCUT2D eigenvalue weighted by Gasteiger charge is 2.56. The van der Waals surface area contributed by atoms with E-state index in [0.29, 0.717) is 49.6 Å². The van der Waals surface area contributed by atoms with Crippen LogP contribution >= 0.6 is 0 Å². The number of aliphatic hydroxyl groups excluding tert-OH is 1. The lowest BCUT2D eigenvalue weighted by Gasteiger charge is -2.31. The topological polar surface area (TPSA) is 152 Å². The van der Waals surface area contributed by atoms with Gasteiger partial charge in [0.2, 0.25) is 0 Å². The van der Waals surface area contributed by atoms with Crippen LogP contribution in [0.3, 0.4) is 0 Å². The fourth-order valence-corrected chi connectivity index (χ4v) is 8.02. The van der Waals surface area contributed by atoms with Gasteiger partial charge in [0.1, 0.15) is 11.6 Å². The van der Waals surface area contributed by atoms with Crippen molar-refractivity contribution in [2.75, 3.05) is 38.7 Å². The molecule has 3 heterocycles. The summed E-state index contributed by atoms with van der Waals surface area (Å²) in [4.78, 5) is 20.4. The fourth-order valence-electron chi connectivity index (χ4n) is 6.89. The van der Waals surface area contributed by atoms with Crippen molar-refractivity contribution in [3.05, 3.63) is 54.1 Å². The molecule has 2 saturated heterocycles. The number of hydrogen-bond donors (Lipinski definition) is 3. The molecule has 1 aromatic heterocycles. The maximum atomic E-state index is 13.6. The summed E-state index contributed by atoms with van der Waals surface area (Å²) in [5.74, 6) is -0.0750. The van der Waals surface area contributed by atoms with E-state index in [1.807, 2.05) is 30.3 Å². The Morgan fingerprint density at radius 3 is 2.67 bits per heavy atom. The second-order valence-corrected chi connectivity index (χ2v) is 14.8. The molecule has 3 aliphatic rings. The highest BCUT2D eigenvalue weighted by molar-refractivity contribution is 7.89. The second-order valence-electron chi connectivity index (χ2n) is 13.2. The Bertz CT molecular complexity index is 1600. The molecule has 1 aliphatic carbocycles. The number of hydrazine groups is 1. The number of fused-ring (bicyclic) bond motifs is 2. The standard InChI is InChI=1S/C33H44N4O8S/c1-20(2)11-12-37(36-46(40,41)24-9-10-29-27(16-24)35-33(34-3)44-29)17-28(38)22(13-21-7-5-4-6-8-21)15-30(39)45-31-23-14-25-26(31)19-43-32(25)42-18-23/h4-10,16,20,22-23,25-26,28,31-32,36,38H,11-15,17-19H2,1-3H3,(H,34,35)/t22-,23?,25?,26?,28-,31?,32?/m1/s1. The van der Waals surface area contributed by atoms with Crippen LogP contribution in [0.15, 0.2) is 57.8 Å². The smallest absolute Gasteiger partial charge is 0.306 e. The molecule has 3 aromatic rings. The van der Waals surface area contributed by atoms with Crippen molar-refractivity contribution in [1.82, 2.24) is 14.8 Å². The molecule has 0 radical (unpaired) electrons. The SMILES string of the molecule is CNc1nc2cc(S(=O)(=O)NN(CCC(C)C)C[C@@H](O)[C@@H](CC(=O)OC3C4COC5OCC3C5C4)Cc3ccccc3)ccc2o1. The van der Waals surface area contributed by atoms with Gasteiger partial charge in [-0.3, -0.25) is 4.79 Å². The van der Waals surface area contributed by atoms with E-state index >= 15 is 0 Å². The van der Waals surface area contributed by atoms with Crippen LogP contribution in [0.4, 0.5) is 6.01 Å². The number of nitrogens with one attached hydrogen (secondary N) is 2. The van der Waals surface area contributed by atoms with Crippen LogP contribution in [-0.4, -0.2) is 81.3 Å². The van der Waals surface area contributed by atoms with Crippen LogP contribution in [0.2, 0.25) is 0 Å². The highest BCUT2D eigenvalue weighted by Crippen LogP contribution is 2.49. The maximum Gasteiger partial charge on any atom is 0.306 e. The molecule has 0 amide bonds. The van der Waals surface area contributed by atoms with Crippen LogP contribution < -0.4 is 10.1 Å². The van der Waals surface area contributed by atoms with Gasteiger partial charge in [-0.05, 0) is 48.9 Å². The van der Waals surface area contributed by atoms with E-state index in [4.69, 9.17) is 18.6 Å². The van der Waals surface area contributed by atoms with Crippen molar-refractivity contribution < 1.29 is 36.9 Å². The largest absolute Gasteiger partial charge is 0.462 e. The quantitative estimate of drug-likeness (QED) is 0.163. The molecule has 12 nitrogen and oxygen atoms in total. The first-order valence-corrected chi connectivity index (χ1v) is 17.6. The summed E-state index contributed by atoms with van der Waals surface area (Å²) in [6, 6.07) is 14.4. The molecule has 3 fully saturated rings. The maximum absolute atomic E-state index is 13.6. The number of hydrogen-bond acceptors (Lipinski definition) is 11. The van der Waals surface area contributed by atoms with Crippen LogP contribution in [0, 0.1) is 29.6 Å². The van der Waals surface area contributed by atoms with Crippen molar-refractivity contribution in [2.24, 2.45) is 29.6 Å². The van der Waals surface area contributed by atoms with E-state index < -0.39 is 22.0 Å². The minimum Gasteiger partial charge on any atom is -0.462 e. The third-order valence-electron chi connectivity index (χ3n) is 9.39. The highest BCUT2D eigenvalue weighted by atomic mass is 32.2. The van der Waals surface area contributed by atoms with Gasteiger partial charge >= 0.3 is 5.97 Å². The molecule has 0 spiro atoms. The number of oxazole rings is 1. The fraction of sp³-hybridized carbons (Fsp3) is 0.576. The zero-order valence-electron chi connectivity index (χ0n) is 26.5. The Morgan fingerprint density at radius 2 is 1.91 bits per heavy atom. The van der Waals surface area contributed by atoms with Gasteiger partial charge in [0, 0.05) is 43.8 Å². The molecular weight excluding hydrogens is 612 g/mol. The molecule has 46 heavy (non-hydrogen) atoms. The molecule has 5 unspecified atom stereocenters. The third-order valence-corrected chi connectivity index (χ3v) is 10.8. The predicted octanol–water partition coefficient (Wildman–Crippen LogP) is 3.57. The summed E-state index contributed by atoms with van der Waals surface area (Å²) < 4.78 is 50.4. The first-order chi connectivity index (χ1) is 22.1. The summed E-state index contributed by atoms with van der Waals surface area (Å²) in [7, 11) is -2.37. The van der Waals surface area contributed by atoms with E-state index in [9.17, 15) is 18.3 Å². The average Bonchev–Trinajstić information content (AvgIpc) is 3.71. The lowest BCUT2D eigenvalue weighted by molar-refractivity contribution is -0.178. The minimum atomic E-state index is -4.03. The summed E-state index contributed by atoms with van der Waals surface area (Å²) in [5.41, 5.74) is 1.83. The third kappa shape index (κ3) is 7.40. The first kappa shape index (κ1) is 32.9. The van der Waals surface area contributed by atoms with E-state index in [-0.39, 0.29) is 60.0 Å². The molecule has 250 valence electrons. The number of aliphatic hydroxyl groups is 1. The lowest BCUT2D eigenvalue weighted by atomic mass is 9.90. The van der Waals surface area contributed by atoms with E-state index in [2.05, 4.69) is 29.0 Å². The zero-order valence-corrected chi connectivity index (χ0v) is 27.3. The van der Waals surface area contributed by atoms with Gasteiger partial charge in [-0.25, -0.2) is 13.4 Å². The number of carbonyl (C=O) groups is 1. The van der Waals surface area contributed by atoms with E-state index in [0.717, 1.165) is 12.0 Å². The number of carbonyl (C=O) groups excluding carboxylic acids is 1. The Labute approximate surface area is 269 Å². The first-order valence-electron chi connectivity index (χ1n) is 16.1. The summed E-state index contributed by atoms with van der Waals surface area (Å²) in [6.45, 7) is 5.47. The van der Waals surface area contributed by atoms with Crippen LogP contribution in [-0.2, 0) is 35.4 Å². The molecule has 7 atom stereocenters. The Kier molecular flexibility index (Phi) is 9.97. The minimum absolute atomic E-state index is 0.0107. The zero-order chi connectivity index (χ0) is 32.4. The van der Waals surface area contributed by atoms with Crippen LogP contribution in [0.5, 0.6) is 0 Å². The summed E-state index contributed by atoms with van der Waals surface area (Å²) in [6.07, 6.45) is 0.516. The van der Waals surface area contributed by atoms with Gasteiger partial charge in [0.15, 0.2) is 11.9 Å². The van der Waals surface area contributed by atoms with Crippen molar-refractivity contribution in [3.63, 3.8) is 0 Å². The van der Waals surface area contributed by atoms with Gasteiger partial charge in [-0.1, -0.05) is 44.2 Å². The van der Waals surface area contributed by atoms with Gasteiger partial charge in [0.25, 0.3) is 16.0 Å². The number of rotatable bonds is 15. The van der Waals surface area contributed by atoms with Crippen LogP contribution in [0.1, 0.15) is 38.7 Å². The molecule has 3 N–H and O–H groups in total. The van der Waals surface area contributed by atoms with Crippen LogP contribution in [0.25, 0.3) is 11.1 Å². The summed E-state index contributed by atoms with van der Waals surface area (Å²) in [5, 5.41) is 16.0. The van der Waals surface area contributed by atoms with E-state index in [1.54, 1.807) is 13.1 Å². The number of benzene rings is 2. The number of nitrogens with zero attached hydrogens (tertiary/aromatic N) is 2. The van der Waals surface area contributed by atoms with Crippen molar-refractivity contribution in [2.45, 2.75) is 62.9 Å². The Hall–Kier alpha value is -3.07. The Balaban J connectivity index is 1.17. The van der Waals surface area contributed by atoms with Crippen molar-refractivity contribution in [1.29, 1.82) is 0 Å². The normalized spacial score (nSPS) is 25.3. The van der Waals surface area contributed by atoms with Crippen molar-refractivity contribution in [3.8, 4) is 0 Å². The lowest BCUT2D eigenvalue weighted by Crippen LogP contribution is -2.48. The Morgan fingerprint density at radius 1 is 1.13 bits per heavy atom. The van der Waals surface area contributed by atoms with Gasteiger partial charge in [-0.15, -0.1) is 4.83 Å². The number of esters is 1. The number of anilines is 1. The summed E-state index contributed by atoms with van der Waals surface area (Å²) >= 11 is 0. The van der Waals surface area contributed by atoms with E-state index in [1.165, 1.54) is 17.1 Å². The monoisotopic (exact) mass is 656 g/mol. The molecule has 13 heteroatoms. The molecule has 6 rings (SSSR count).